The Balaban J connectivity index is 1.79. The van der Waals surface area contributed by atoms with Crippen molar-refractivity contribution in [2.24, 2.45) is 0 Å². The van der Waals surface area contributed by atoms with Crippen molar-refractivity contribution in [2.45, 2.75) is 19.4 Å². The summed E-state index contributed by atoms with van der Waals surface area (Å²) in [6.07, 6.45) is 5.99. The molecule has 1 aromatic carbocycles. The molecule has 4 aromatic rings. The number of fused-ring (bicyclic) bond motifs is 2. The van der Waals surface area contributed by atoms with Gasteiger partial charge in [0.2, 0.25) is 0 Å². The van der Waals surface area contributed by atoms with Crippen molar-refractivity contribution in [1.82, 2.24) is 19.2 Å². The molecular weight excluding hydrogens is 303 g/mol. The third-order valence-corrected chi connectivity index (χ3v) is 4.59. The number of imidazole rings is 1. The van der Waals surface area contributed by atoms with Gasteiger partial charge in [0.1, 0.15) is 17.2 Å². The lowest BCUT2D eigenvalue weighted by Crippen LogP contribution is -1.94. The van der Waals surface area contributed by atoms with E-state index in [-0.39, 0.29) is 5.82 Å². The van der Waals surface area contributed by atoms with Gasteiger partial charge in [-0.2, -0.15) is 5.10 Å². The first-order valence-electron chi connectivity index (χ1n) is 8.10. The van der Waals surface area contributed by atoms with Gasteiger partial charge in [0, 0.05) is 30.2 Å². The van der Waals surface area contributed by atoms with Crippen LogP contribution in [0.5, 0.6) is 0 Å². The number of rotatable bonds is 2. The van der Waals surface area contributed by atoms with E-state index in [0.717, 1.165) is 42.0 Å². The third kappa shape index (κ3) is 1.91. The second kappa shape index (κ2) is 5.03. The van der Waals surface area contributed by atoms with Crippen LogP contribution in [0.25, 0.3) is 28.2 Å². The average Bonchev–Trinajstić information content (AvgIpc) is 3.28. The van der Waals surface area contributed by atoms with Crippen molar-refractivity contribution < 1.29 is 4.39 Å². The quantitative estimate of drug-likeness (QED) is 0.561. The van der Waals surface area contributed by atoms with Crippen molar-refractivity contribution in [3.63, 3.8) is 0 Å². The van der Waals surface area contributed by atoms with Crippen LogP contribution in [0.4, 0.5) is 4.39 Å². The average molecular weight is 318 g/mol. The zero-order valence-electron chi connectivity index (χ0n) is 13.0. The zero-order valence-corrected chi connectivity index (χ0v) is 13.0. The standard InChI is InChI=1S/C19H15FN4/c20-14-7-2-1-6-13(14)19-18(16-8-5-11-24(16)22-19)15-12-23-10-4-3-9-17(23)21-15/h1-4,6-7,9-10,12H,5,8,11H2. The summed E-state index contributed by atoms with van der Waals surface area (Å²) in [7, 11) is 0. The van der Waals surface area contributed by atoms with E-state index in [1.165, 1.54) is 6.07 Å². The Bertz CT molecular complexity index is 1030. The van der Waals surface area contributed by atoms with E-state index in [9.17, 15) is 4.39 Å². The van der Waals surface area contributed by atoms with Gasteiger partial charge in [-0.3, -0.25) is 4.68 Å². The number of hydrogen-bond donors (Lipinski definition) is 0. The van der Waals surface area contributed by atoms with E-state index in [1.807, 2.05) is 45.7 Å². The molecule has 0 saturated carbocycles. The predicted octanol–water partition coefficient (Wildman–Crippen LogP) is 3.95. The Labute approximate surface area is 138 Å². The summed E-state index contributed by atoms with van der Waals surface area (Å²) in [5.74, 6) is -0.251. The van der Waals surface area contributed by atoms with Crippen molar-refractivity contribution in [1.29, 1.82) is 0 Å². The molecule has 24 heavy (non-hydrogen) atoms. The molecule has 0 amide bonds. The van der Waals surface area contributed by atoms with Crippen LogP contribution in [0.15, 0.2) is 54.9 Å². The van der Waals surface area contributed by atoms with Gasteiger partial charge in [0.05, 0.1) is 11.3 Å². The lowest BCUT2D eigenvalue weighted by atomic mass is 10.0. The van der Waals surface area contributed by atoms with Crippen LogP contribution in [-0.4, -0.2) is 19.2 Å². The monoisotopic (exact) mass is 318 g/mol. The maximum atomic E-state index is 14.4. The molecule has 0 saturated heterocycles. The molecule has 1 aliphatic rings. The van der Waals surface area contributed by atoms with Crippen LogP contribution < -0.4 is 0 Å². The second-order valence-corrected chi connectivity index (χ2v) is 6.07. The molecule has 1 aliphatic heterocycles. The molecule has 4 heterocycles. The second-order valence-electron chi connectivity index (χ2n) is 6.07. The molecular formula is C19H15FN4. The number of pyridine rings is 1. The van der Waals surface area contributed by atoms with Gasteiger partial charge in [-0.1, -0.05) is 18.2 Å². The van der Waals surface area contributed by atoms with E-state index < -0.39 is 0 Å². The predicted molar refractivity (Wildman–Crippen MR) is 90.1 cm³/mol. The summed E-state index contributed by atoms with van der Waals surface area (Å²) in [5, 5.41) is 4.70. The fraction of sp³-hybridized carbons (Fsp3) is 0.158. The largest absolute Gasteiger partial charge is 0.306 e. The normalized spacial score (nSPS) is 13.5. The highest BCUT2D eigenvalue weighted by Gasteiger charge is 2.26. The Kier molecular flexibility index (Phi) is 2.82. The highest BCUT2D eigenvalue weighted by atomic mass is 19.1. The summed E-state index contributed by atoms with van der Waals surface area (Å²) in [4.78, 5) is 4.74. The molecule has 5 rings (SSSR count). The number of hydrogen-bond acceptors (Lipinski definition) is 2. The number of halogens is 1. The number of benzene rings is 1. The Morgan fingerprint density at radius 1 is 1.04 bits per heavy atom. The summed E-state index contributed by atoms with van der Waals surface area (Å²) in [5.41, 5.74) is 5.06. The van der Waals surface area contributed by atoms with E-state index in [1.54, 1.807) is 12.1 Å². The van der Waals surface area contributed by atoms with Gasteiger partial charge < -0.3 is 4.40 Å². The minimum absolute atomic E-state index is 0.251. The SMILES string of the molecule is Fc1ccccc1-c1nn2c(c1-c1cn3ccccc3n1)CCC2. The van der Waals surface area contributed by atoms with Crippen LogP contribution in [0.3, 0.4) is 0 Å². The van der Waals surface area contributed by atoms with Crippen molar-refractivity contribution >= 4 is 5.65 Å². The topological polar surface area (TPSA) is 35.1 Å². The first-order chi connectivity index (χ1) is 11.8. The molecule has 3 aromatic heterocycles. The zero-order chi connectivity index (χ0) is 16.1. The fourth-order valence-electron chi connectivity index (χ4n) is 3.50. The fourth-order valence-corrected chi connectivity index (χ4v) is 3.50. The van der Waals surface area contributed by atoms with Crippen molar-refractivity contribution in [3.05, 3.63) is 66.4 Å². The maximum Gasteiger partial charge on any atom is 0.137 e. The molecule has 4 nitrogen and oxygen atoms in total. The lowest BCUT2D eigenvalue weighted by Gasteiger charge is -2.03. The summed E-state index contributed by atoms with van der Waals surface area (Å²) >= 11 is 0. The molecule has 0 bridgehead atoms. The molecule has 0 fully saturated rings. The molecule has 118 valence electrons. The number of aromatic nitrogens is 4. The van der Waals surface area contributed by atoms with E-state index in [2.05, 4.69) is 0 Å². The van der Waals surface area contributed by atoms with Gasteiger partial charge in [-0.05, 0) is 37.1 Å². The van der Waals surface area contributed by atoms with E-state index in [4.69, 9.17) is 10.1 Å². The van der Waals surface area contributed by atoms with Crippen LogP contribution in [0.2, 0.25) is 0 Å². The summed E-state index contributed by atoms with van der Waals surface area (Å²) in [6.45, 7) is 0.879. The smallest absolute Gasteiger partial charge is 0.137 e. The molecule has 0 atom stereocenters. The van der Waals surface area contributed by atoms with Crippen molar-refractivity contribution in [2.75, 3.05) is 0 Å². The Morgan fingerprint density at radius 2 is 1.92 bits per heavy atom. The van der Waals surface area contributed by atoms with Gasteiger partial charge in [0.25, 0.3) is 0 Å². The number of aryl methyl sites for hydroxylation is 1. The molecule has 0 radical (unpaired) electrons. The summed E-state index contributed by atoms with van der Waals surface area (Å²) < 4.78 is 18.4. The van der Waals surface area contributed by atoms with Gasteiger partial charge in [0.15, 0.2) is 0 Å². The van der Waals surface area contributed by atoms with Crippen LogP contribution in [0, 0.1) is 5.82 Å². The number of nitrogens with zero attached hydrogens (tertiary/aromatic N) is 4. The Hall–Kier alpha value is -2.95. The minimum Gasteiger partial charge on any atom is -0.306 e. The maximum absolute atomic E-state index is 14.4. The van der Waals surface area contributed by atoms with E-state index >= 15 is 0 Å². The molecule has 0 unspecified atom stereocenters. The summed E-state index contributed by atoms with van der Waals surface area (Å²) in [6, 6.07) is 12.7. The first kappa shape index (κ1) is 13.5. The van der Waals surface area contributed by atoms with Gasteiger partial charge >= 0.3 is 0 Å². The van der Waals surface area contributed by atoms with Crippen LogP contribution in [-0.2, 0) is 13.0 Å². The van der Waals surface area contributed by atoms with Gasteiger partial charge in [-0.25, -0.2) is 9.37 Å². The molecule has 5 heteroatoms. The van der Waals surface area contributed by atoms with Gasteiger partial charge in [-0.15, -0.1) is 0 Å². The van der Waals surface area contributed by atoms with E-state index in [0.29, 0.717) is 11.3 Å². The molecule has 0 spiro atoms. The van der Waals surface area contributed by atoms with Crippen LogP contribution in [0.1, 0.15) is 12.1 Å². The van der Waals surface area contributed by atoms with Crippen LogP contribution >= 0.6 is 0 Å². The first-order valence-corrected chi connectivity index (χ1v) is 8.10. The molecule has 0 aliphatic carbocycles. The highest BCUT2D eigenvalue weighted by Crippen LogP contribution is 2.37. The third-order valence-electron chi connectivity index (χ3n) is 4.59. The molecule has 0 N–H and O–H groups in total. The highest BCUT2D eigenvalue weighted by molar-refractivity contribution is 5.82. The minimum atomic E-state index is -0.251. The Morgan fingerprint density at radius 3 is 2.79 bits per heavy atom. The van der Waals surface area contributed by atoms with Crippen molar-refractivity contribution in [3.8, 4) is 22.5 Å². The lowest BCUT2D eigenvalue weighted by molar-refractivity contribution is 0.627.